The van der Waals surface area contributed by atoms with Gasteiger partial charge in [0.15, 0.2) is 0 Å². The van der Waals surface area contributed by atoms with Crippen molar-refractivity contribution < 1.29 is 4.74 Å². The molecular weight excluding hydrogens is 312 g/mol. The molecule has 0 saturated carbocycles. The van der Waals surface area contributed by atoms with Crippen molar-refractivity contribution in [1.82, 2.24) is 0 Å². The average molecular weight is 339 g/mol. The maximum absolute atomic E-state index is 5.67. The summed E-state index contributed by atoms with van der Waals surface area (Å²) in [4.78, 5) is 1.33. The van der Waals surface area contributed by atoms with E-state index in [1.807, 2.05) is 23.9 Å². The highest BCUT2D eigenvalue weighted by molar-refractivity contribution is 7.99. The summed E-state index contributed by atoms with van der Waals surface area (Å²) in [5.74, 6) is 2.06. The summed E-state index contributed by atoms with van der Waals surface area (Å²) in [5, 5.41) is 0. The van der Waals surface area contributed by atoms with Crippen molar-refractivity contribution in [3.05, 3.63) is 71.8 Å². The Labute approximate surface area is 150 Å². The molecule has 0 aliphatic carbocycles. The van der Waals surface area contributed by atoms with Gasteiger partial charge < -0.3 is 4.74 Å². The number of hydrogen-bond donors (Lipinski definition) is 0. The quantitative estimate of drug-likeness (QED) is 0.286. The van der Waals surface area contributed by atoms with Crippen molar-refractivity contribution in [2.45, 2.75) is 31.6 Å². The van der Waals surface area contributed by atoms with Crippen molar-refractivity contribution in [3.8, 4) is 5.75 Å². The smallest absolute Gasteiger partial charge is 0.119 e. The summed E-state index contributed by atoms with van der Waals surface area (Å²) in [6.45, 7) is 5.14. The molecule has 0 aliphatic rings. The minimum absolute atomic E-state index is 0.796. The van der Waals surface area contributed by atoms with E-state index in [1.165, 1.54) is 16.0 Å². The van der Waals surface area contributed by atoms with Crippen molar-refractivity contribution in [1.29, 1.82) is 0 Å². The third kappa shape index (κ3) is 6.67. The van der Waals surface area contributed by atoms with Gasteiger partial charge in [-0.05, 0) is 47.6 Å². The molecular formula is C22H26OS. The summed E-state index contributed by atoms with van der Waals surface area (Å²) >= 11 is 1.87. The van der Waals surface area contributed by atoms with Crippen LogP contribution < -0.4 is 4.74 Å². The lowest BCUT2D eigenvalue weighted by molar-refractivity contribution is 0.309. The molecule has 0 N–H and O–H groups in total. The largest absolute Gasteiger partial charge is 0.494 e. The first-order valence-corrected chi connectivity index (χ1v) is 9.61. The van der Waals surface area contributed by atoms with Crippen LogP contribution in [0.15, 0.2) is 65.6 Å². The monoisotopic (exact) mass is 338 g/mol. The van der Waals surface area contributed by atoms with Crippen LogP contribution in [-0.2, 0) is 0 Å². The molecule has 0 bridgehead atoms. The van der Waals surface area contributed by atoms with Gasteiger partial charge in [-0.2, -0.15) is 0 Å². The van der Waals surface area contributed by atoms with E-state index in [0.29, 0.717) is 0 Å². The predicted octanol–water partition coefficient (Wildman–Crippen LogP) is 6.70. The Morgan fingerprint density at radius 3 is 1.96 bits per heavy atom. The van der Waals surface area contributed by atoms with Gasteiger partial charge in [-0.15, -0.1) is 11.8 Å². The standard InChI is InChI=1S/C22H26OS/c1-3-5-18-23-21-14-10-19(11-15-21)8-6-7-9-20-12-16-22(17-13-20)24-4-2/h6-17H,3-5,18H2,1-2H3. The van der Waals surface area contributed by atoms with E-state index in [1.54, 1.807) is 0 Å². The molecule has 0 amide bonds. The molecule has 2 heteroatoms. The molecule has 0 heterocycles. The number of allylic oxidation sites excluding steroid dienone is 2. The first kappa shape index (κ1) is 18.4. The minimum atomic E-state index is 0.796. The Bertz CT molecular complexity index is 639. The summed E-state index contributed by atoms with van der Waals surface area (Å²) in [7, 11) is 0. The third-order valence-electron chi connectivity index (χ3n) is 3.53. The first-order valence-electron chi connectivity index (χ1n) is 8.62. The van der Waals surface area contributed by atoms with Gasteiger partial charge in [0, 0.05) is 4.90 Å². The van der Waals surface area contributed by atoms with E-state index in [-0.39, 0.29) is 0 Å². The van der Waals surface area contributed by atoms with Crippen molar-refractivity contribution >= 4 is 23.9 Å². The van der Waals surface area contributed by atoms with Gasteiger partial charge in [0.25, 0.3) is 0 Å². The molecule has 0 unspecified atom stereocenters. The number of ether oxygens (including phenoxy) is 1. The molecule has 2 rings (SSSR count). The maximum Gasteiger partial charge on any atom is 0.119 e. The van der Waals surface area contributed by atoms with Gasteiger partial charge in [-0.3, -0.25) is 0 Å². The fourth-order valence-electron chi connectivity index (χ4n) is 2.18. The second-order valence-electron chi connectivity index (χ2n) is 5.49. The van der Waals surface area contributed by atoms with E-state index in [4.69, 9.17) is 4.74 Å². The van der Waals surface area contributed by atoms with Crippen LogP contribution in [0.1, 0.15) is 37.8 Å². The van der Waals surface area contributed by atoms with Gasteiger partial charge in [-0.1, -0.05) is 68.8 Å². The normalized spacial score (nSPS) is 11.4. The maximum atomic E-state index is 5.67. The van der Waals surface area contributed by atoms with E-state index in [0.717, 1.165) is 31.0 Å². The summed E-state index contributed by atoms with van der Waals surface area (Å²) in [6, 6.07) is 16.9. The predicted molar refractivity (Wildman–Crippen MR) is 108 cm³/mol. The number of thioether (sulfide) groups is 1. The van der Waals surface area contributed by atoms with Crippen LogP contribution >= 0.6 is 11.8 Å². The molecule has 2 aromatic carbocycles. The number of benzene rings is 2. The fraction of sp³-hybridized carbons (Fsp3) is 0.273. The number of hydrogen-bond acceptors (Lipinski definition) is 2. The highest BCUT2D eigenvalue weighted by Crippen LogP contribution is 2.18. The second kappa shape index (κ2) is 10.8. The molecule has 0 fully saturated rings. The zero-order valence-corrected chi connectivity index (χ0v) is 15.4. The van der Waals surface area contributed by atoms with Crippen molar-refractivity contribution in [2.24, 2.45) is 0 Å². The highest BCUT2D eigenvalue weighted by atomic mass is 32.2. The molecule has 2 aromatic rings. The van der Waals surface area contributed by atoms with E-state index in [9.17, 15) is 0 Å². The van der Waals surface area contributed by atoms with E-state index >= 15 is 0 Å². The fourth-order valence-corrected chi connectivity index (χ4v) is 2.85. The van der Waals surface area contributed by atoms with Crippen LogP contribution in [-0.4, -0.2) is 12.4 Å². The van der Waals surface area contributed by atoms with Gasteiger partial charge in [0.1, 0.15) is 5.75 Å². The van der Waals surface area contributed by atoms with Gasteiger partial charge in [0.05, 0.1) is 6.61 Å². The molecule has 24 heavy (non-hydrogen) atoms. The van der Waals surface area contributed by atoms with Crippen LogP contribution in [0.5, 0.6) is 5.75 Å². The Kier molecular flexibility index (Phi) is 8.26. The van der Waals surface area contributed by atoms with Crippen molar-refractivity contribution in [3.63, 3.8) is 0 Å². The summed E-state index contributed by atoms with van der Waals surface area (Å²) < 4.78 is 5.67. The number of rotatable bonds is 9. The second-order valence-corrected chi connectivity index (χ2v) is 6.83. The zero-order valence-electron chi connectivity index (χ0n) is 14.6. The summed E-state index contributed by atoms with van der Waals surface area (Å²) in [6.07, 6.45) is 10.6. The Morgan fingerprint density at radius 2 is 1.42 bits per heavy atom. The molecule has 1 nitrogen and oxygen atoms in total. The lowest BCUT2D eigenvalue weighted by atomic mass is 10.2. The summed E-state index contributed by atoms with van der Waals surface area (Å²) in [5.41, 5.74) is 2.40. The molecule has 0 aromatic heterocycles. The van der Waals surface area contributed by atoms with Crippen LogP contribution in [0.25, 0.3) is 12.2 Å². The first-order chi connectivity index (χ1) is 11.8. The van der Waals surface area contributed by atoms with E-state index < -0.39 is 0 Å². The molecule has 0 atom stereocenters. The van der Waals surface area contributed by atoms with E-state index in [2.05, 4.69) is 74.5 Å². The van der Waals surface area contributed by atoms with Crippen molar-refractivity contribution in [2.75, 3.05) is 12.4 Å². The highest BCUT2D eigenvalue weighted by Gasteiger charge is 1.93. The van der Waals surface area contributed by atoms with Crippen LogP contribution in [0.2, 0.25) is 0 Å². The lowest BCUT2D eigenvalue weighted by Gasteiger charge is -2.04. The molecule has 0 saturated heterocycles. The molecule has 126 valence electrons. The zero-order chi connectivity index (χ0) is 17.0. The Morgan fingerprint density at radius 1 is 0.833 bits per heavy atom. The molecule has 0 radical (unpaired) electrons. The van der Waals surface area contributed by atoms with Gasteiger partial charge in [-0.25, -0.2) is 0 Å². The van der Waals surface area contributed by atoms with Gasteiger partial charge in [0.2, 0.25) is 0 Å². The Hall–Kier alpha value is -1.93. The average Bonchev–Trinajstić information content (AvgIpc) is 2.62. The molecule has 0 spiro atoms. The van der Waals surface area contributed by atoms with Crippen LogP contribution in [0, 0.1) is 0 Å². The number of unbranched alkanes of at least 4 members (excludes halogenated alkanes) is 1. The van der Waals surface area contributed by atoms with Crippen LogP contribution in [0.3, 0.4) is 0 Å². The van der Waals surface area contributed by atoms with Crippen LogP contribution in [0.4, 0.5) is 0 Å². The SMILES string of the molecule is CCCCOc1ccc(C=CC=Cc2ccc(SCC)cc2)cc1. The van der Waals surface area contributed by atoms with Gasteiger partial charge >= 0.3 is 0 Å². The topological polar surface area (TPSA) is 9.23 Å². The minimum Gasteiger partial charge on any atom is -0.494 e. The third-order valence-corrected chi connectivity index (χ3v) is 4.42. The molecule has 0 aliphatic heterocycles. The Balaban J connectivity index is 1.84. The lowest BCUT2D eigenvalue weighted by Crippen LogP contribution is -1.95.